The lowest BCUT2D eigenvalue weighted by Crippen LogP contribution is -2.35. The summed E-state index contributed by atoms with van der Waals surface area (Å²) in [6, 6.07) is 10.6. The molecule has 2 heterocycles. The van der Waals surface area contributed by atoms with E-state index >= 15 is 0 Å². The van der Waals surface area contributed by atoms with Gasteiger partial charge in [-0.1, -0.05) is 35.9 Å². The van der Waals surface area contributed by atoms with Crippen LogP contribution in [0.3, 0.4) is 0 Å². The molecule has 1 N–H and O–H groups in total. The number of hydrogen-bond donors (Lipinski definition) is 1. The van der Waals surface area contributed by atoms with Crippen LogP contribution in [0.4, 0.5) is 13.2 Å². The quantitative estimate of drug-likeness (QED) is 0.634. The predicted octanol–water partition coefficient (Wildman–Crippen LogP) is 4.98. The maximum atomic E-state index is 12.8. The first-order valence-electron chi connectivity index (χ1n) is 9.48. The second-order valence-electron chi connectivity index (χ2n) is 7.46. The molecule has 30 heavy (non-hydrogen) atoms. The lowest BCUT2D eigenvalue weighted by molar-refractivity contribution is -0.137. The van der Waals surface area contributed by atoms with Crippen LogP contribution in [0, 0.1) is 6.92 Å². The second kappa shape index (κ2) is 7.89. The Balaban J connectivity index is 1.55. The molecule has 0 bridgehead atoms. The molecule has 0 saturated carbocycles. The normalized spacial score (nSPS) is 14.6. The molecule has 0 saturated heterocycles. The fourth-order valence-electron chi connectivity index (χ4n) is 3.56. The zero-order valence-electron chi connectivity index (χ0n) is 16.2. The van der Waals surface area contributed by atoms with Gasteiger partial charge in [-0.2, -0.15) is 13.2 Å². The van der Waals surface area contributed by atoms with Crippen molar-refractivity contribution in [1.29, 1.82) is 0 Å². The van der Waals surface area contributed by atoms with E-state index in [1.165, 1.54) is 12.1 Å². The van der Waals surface area contributed by atoms with E-state index in [0.717, 1.165) is 29.8 Å². The molecule has 0 radical (unpaired) electrons. The number of aryl methyl sites for hydroxylation is 1. The molecule has 0 fully saturated rings. The van der Waals surface area contributed by atoms with Crippen molar-refractivity contribution in [3.05, 3.63) is 85.8 Å². The number of aromatic nitrogens is 2. The number of nitrogens with one attached hydrogen (secondary N) is 1. The molecule has 0 aliphatic carbocycles. The van der Waals surface area contributed by atoms with Gasteiger partial charge in [0, 0.05) is 36.6 Å². The summed E-state index contributed by atoms with van der Waals surface area (Å²) in [5.41, 5.74) is 2.81. The summed E-state index contributed by atoms with van der Waals surface area (Å²) in [5, 5.41) is 0.714. The highest BCUT2D eigenvalue weighted by atomic mass is 35.5. The van der Waals surface area contributed by atoms with E-state index in [2.05, 4.69) is 14.9 Å². The minimum absolute atomic E-state index is 0.262. The van der Waals surface area contributed by atoms with Gasteiger partial charge in [-0.3, -0.25) is 9.69 Å². The van der Waals surface area contributed by atoms with E-state index in [-0.39, 0.29) is 11.4 Å². The van der Waals surface area contributed by atoms with Crippen LogP contribution < -0.4 is 5.56 Å². The van der Waals surface area contributed by atoms with E-state index in [1.54, 1.807) is 0 Å². The molecule has 0 atom stereocenters. The summed E-state index contributed by atoms with van der Waals surface area (Å²) in [7, 11) is 0. The zero-order valence-corrected chi connectivity index (χ0v) is 16.9. The molecular weight excluding hydrogens is 415 g/mol. The highest BCUT2D eigenvalue weighted by molar-refractivity contribution is 6.31. The van der Waals surface area contributed by atoms with Gasteiger partial charge in [0.05, 0.1) is 16.8 Å². The SMILES string of the molecule is Cc1ccc(CN2CCc3nc(-c4ccc(C(F)(F)F)cc4)[nH]c(=O)c3C2)cc1Cl. The lowest BCUT2D eigenvalue weighted by atomic mass is 10.0. The van der Waals surface area contributed by atoms with Gasteiger partial charge in [-0.05, 0) is 36.2 Å². The third-order valence-electron chi connectivity index (χ3n) is 5.28. The molecule has 0 unspecified atom stereocenters. The topological polar surface area (TPSA) is 49.0 Å². The summed E-state index contributed by atoms with van der Waals surface area (Å²) in [4.78, 5) is 22.0. The number of hydrogen-bond acceptors (Lipinski definition) is 3. The number of aromatic amines is 1. The van der Waals surface area contributed by atoms with Crippen LogP contribution in [-0.4, -0.2) is 21.4 Å². The number of halogens is 4. The molecule has 156 valence electrons. The Hall–Kier alpha value is -2.64. The maximum absolute atomic E-state index is 12.8. The van der Waals surface area contributed by atoms with Gasteiger partial charge >= 0.3 is 6.18 Å². The molecule has 1 aliphatic rings. The van der Waals surface area contributed by atoms with Crippen molar-refractivity contribution < 1.29 is 13.2 Å². The van der Waals surface area contributed by atoms with Crippen LogP contribution in [0.25, 0.3) is 11.4 Å². The molecule has 4 rings (SSSR count). The molecule has 4 nitrogen and oxygen atoms in total. The number of fused-ring (bicyclic) bond motifs is 1. The van der Waals surface area contributed by atoms with Crippen LogP contribution in [0.5, 0.6) is 0 Å². The first kappa shape index (κ1) is 20.6. The number of alkyl halides is 3. The van der Waals surface area contributed by atoms with Crippen LogP contribution in [-0.2, 0) is 25.7 Å². The fraction of sp³-hybridized carbons (Fsp3) is 0.273. The summed E-state index contributed by atoms with van der Waals surface area (Å²) < 4.78 is 38.3. The smallest absolute Gasteiger partial charge is 0.306 e. The molecule has 1 aromatic heterocycles. The van der Waals surface area contributed by atoms with Gasteiger partial charge in [0.2, 0.25) is 0 Å². The van der Waals surface area contributed by atoms with Crippen molar-refractivity contribution in [3.63, 3.8) is 0 Å². The van der Waals surface area contributed by atoms with Crippen LogP contribution in [0.2, 0.25) is 5.02 Å². The number of nitrogens with zero attached hydrogens (tertiary/aromatic N) is 2. The summed E-state index contributed by atoms with van der Waals surface area (Å²) in [6.45, 7) is 3.79. The Morgan fingerprint density at radius 1 is 1.17 bits per heavy atom. The third kappa shape index (κ3) is 4.27. The monoisotopic (exact) mass is 433 g/mol. The minimum atomic E-state index is -4.40. The molecule has 0 amide bonds. The number of rotatable bonds is 3. The molecule has 1 aliphatic heterocycles. The largest absolute Gasteiger partial charge is 0.416 e. The zero-order chi connectivity index (χ0) is 21.5. The Morgan fingerprint density at radius 3 is 2.57 bits per heavy atom. The summed E-state index contributed by atoms with van der Waals surface area (Å²) >= 11 is 6.20. The maximum Gasteiger partial charge on any atom is 0.416 e. The van der Waals surface area contributed by atoms with E-state index in [9.17, 15) is 18.0 Å². The van der Waals surface area contributed by atoms with Crippen molar-refractivity contribution >= 4 is 11.6 Å². The average Bonchev–Trinajstić information content (AvgIpc) is 2.70. The highest BCUT2D eigenvalue weighted by Crippen LogP contribution is 2.30. The average molecular weight is 434 g/mol. The Morgan fingerprint density at radius 2 is 1.90 bits per heavy atom. The van der Waals surface area contributed by atoms with Crippen molar-refractivity contribution in [2.24, 2.45) is 0 Å². The summed E-state index contributed by atoms with van der Waals surface area (Å²) in [5.74, 6) is 0.284. The lowest BCUT2D eigenvalue weighted by Gasteiger charge is -2.28. The number of benzene rings is 2. The van der Waals surface area contributed by atoms with Gasteiger partial charge in [-0.25, -0.2) is 4.98 Å². The molecule has 0 spiro atoms. The van der Waals surface area contributed by atoms with Gasteiger partial charge in [-0.15, -0.1) is 0 Å². The van der Waals surface area contributed by atoms with E-state index in [4.69, 9.17) is 11.6 Å². The predicted molar refractivity (Wildman–Crippen MR) is 109 cm³/mol. The Kier molecular flexibility index (Phi) is 5.42. The first-order valence-corrected chi connectivity index (χ1v) is 9.85. The molecule has 3 aromatic rings. The second-order valence-corrected chi connectivity index (χ2v) is 7.87. The highest BCUT2D eigenvalue weighted by Gasteiger charge is 2.30. The molecule has 8 heteroatoms. The van der Waals surface area contributed by atoms with Crippen molar-refractivity contribution in [2.45, 2.75) is 32.6 Å². The Bertz CT molecular complexity index is 1140. The first-order chi connectivity index (χ1) is 14.2. The van der Waals surface area contributed by atoms with Crippen LogP contribution in [0.1, 0.15) is 27.9 Å². The van der Waals surface area contributed by atoms with Gasteiger partial charge in [0.15, 0.2) is 0 Å². The fourth-order valence-corrected chi connectivity index (χ4v) is 3.77. The Labute approximate surface area is 176 Å². The standard InChI is InChI=1S/C22H19ClF3N3O/c1-13-2-3-14(10-18(13)23)11-29-9-8-19-17(12-29)21(30)28-20(27-19)15-4-6-16(7-5-15)22(24,25)26/h2-7,10H,8-9,11-12H2,1H3,(H,27,28,30). The molecular formula is C22H19ClF3N3O. The van der Waals surface area contributed by atoms with Crippen LogP contribution >= 0.6 is 11.6 Å². The van der Waals surface area contributed by atoms with E-state index in [1.807, 2.05) is 25.1 Å². The van der Waals surface area contributed by atoms with Crippen molar-refractivity contribution in [1.82, 2.24) is 14.9 Å². The van der Waals surface area contributed by atoms with Crippen molar-refractivity contribution in [2.75, 3.05) is 6.54 Å². The van der Waals surface area contributed by atoms with Crippen LogP contribution in [0.15, 0.2) is 47.3 Å². The van der Waals surface area contributed by atoms with Gasteiger partial charge in [0.1, 0.15) is 5.82 Å². The molecule has 2 aromatic carbocycles. The third-order valence-corrected chi connectivity index (χ3v) is 5.68. The van der Waals surface area contributed by atoms with Gasteiger partial charge < -0.3 is 4.98 Å². The van der Waals surface area contributed by atoms with E-state index < -0.39 is 11.7 Å². The van der Waals surface area contributed by atoms with Crippen molar-refractivity contribution in [3.8, 4) is 11.4 Å². The summed E-state index contributed by atoms with van der Waals surface area (Å²) in [6.07, 6.45) is -3.81. The minimum Gasteiger partial charge on any atom is -0.306 e. The van der Waals surface area contributed by atoms with E-state index in [0.29, 0.717) is 41.4 Å². The van der Waals surface area contributed by atoms with Gasteiger partial charge in [0.25, 0.3) is 5.56 Å². The number of H-pyrrole nitrogens is 1.